The minimum atomic E-state index is -1.24. The van der Waals surface area contributed by atoms with Crippen molar-refractivity contribution >= 4 is 64.5 Å². The zero-order chi connectivity index (χ0) is 29.1. The minimum absolute atomic E-state index is 0.0126. The predicted molar refractivity (Wildman–Crippen MR) is 153 cm³/mol. The fraction of sp³-hybridized carbons (Fsp3) is 0.407. The SMILES string of the molecule is CC(C)(C)OC(=O)N1C(C(=O)N[C@@H](Cc2ccc(NC(=O)c3c(Cl)cccc3Cl)cc2)C(=O)O)CSC1(C)C. The molecule has 3 rings (SSSR count). The number of nitrogens with one attached hydrogen (secondary N) is 2. The first-order valence-electron chi connectivity index (χ1n) is 12.1. The molecule has 1 heterocycles. The Bertz CT molecular complexity index is 1240. The van der Waals surface area contributed by atoms with Gasteiger partial charge in [-0.05, 0) is 64.4 Å². The molecule has 2 aromatic rings. The number of aliphatic carboxylic acids is 1. The smallest absolute Gasteiger partial charge is 0.412 e. The molecule has 0 radical (unpaired) electrons. The number of rotatable bonds is 7. The first-order valence-corrected chi connectivity index (χ1v) is 13.9. The number of carbonyl (C=O) groups is 4. The molecule has 2 atom stereocenters. The van der Waals surface area contributed by atoms with Crippen molar-refractivity contribution in [2.75, 3.05) is 11.1 Å². The molecule has 0 aliphatic carbocycles. The summed E-state index contributed by atoms with van der Waals surface area (Å²) in [6.45, 7) is 8.82. The van der Waals surface area contributed by atoms with E-state index < -0.39 is 46.4 Å². The second-order valence-electron chi connectivity index (χ2n) is 10.5. The van der Waals surface area contributed by atoms with Crippen molar-refractivity contribution in [3.63, 3.8) is 0 Å². The lowest BCUT2D eigenvalue weighted by Gasteiger charge is -2.35. The minimum Gasteiger partial charge on any atom is -0.480 e. The molecule has 2 aromatic carbocycles. The third kappa shape index (κ3) is 7.80. The first-order chi connectivity index (χ1) is 18.1. The summed E-state index contributed by atoms with van der Waals surface area (Å²) in [6, 6.07) is 9.13. The summed E-state index contributed by atoms with van der Waals surface area (Å²) >= 11 is 13.6. The summed E-state index contributed by atoms with van der Waals surface area (Å²) in [7, 11) is 0. The molecule has 0 saturated carbocycles. The number of amides is 3. The zero-order valence-electron chi connectivity index (χ0n) is 22.2. The van der Waals surface area contributed by atoms with Crippen LogP contribution in [-0.4, -0.2) is 62.2 Å². The van der Waals surface area contributed by atoms with Crippen LogP contribution in [0.15, 0.2) is 42.5 Å². The lowest BCUT2D eigenvalue weighted by atomic mass is 10.0. The van der Waals surface area contributed by atoms with Gasteiger partial charge in [0.05, 0.1) is 20.5 Å². The van der Waals surface area contributed by atoms with Gasteiger partial charge in [-0.2, -0.15) is 0 Å². The third-order valence-electron chi connectivity index (χ3n) is 5.84. The highest BCUT2D eigenvalue weighted by Crippen LogP contribution is 2.40. The number of carboxylic acids is 1. The number of hydrogen-bond acceptors (Lipinski definition) is 6. The molecule has 3 N–H and O–H groups in total. The van der Waals surface area contributed by atoms with E-state index in [2.05, 4.69) is 10.6 Å². The molecule has 1 fully saturated rings. The maximum atomic E-state index is 13.2. The van der Waals surface area contributed by atoms with Gasteiger partial charge in [-0.25, -0.2) is 9.59 Å². The highest BCUT2D eigenvalue weighted by Gasteiger charge is 2.48. The van der Waals surface area contributed by atoms with Crippen molar-refractivity contribution in [3.05, 3.63) is 63.6 Å². The molecule has 12 heteroatoms. The largest absolute Gasteiger partial charge is 0.480 e. The standard InChI is InChI=1S/C27H31Cl2N3O6S/c1-26(2,3)38-25(37)32-20(14-39-27(32,4)5)22(33)31-19(24(35)36)13-15-9-11-16(12-10-15)30-23(34)21-17(28)7-6-8-18(21)29/h6-12,19-20H,13-14H2,1-5H3,(H,30,34)(H,31,33)(H,35,36)/t19-,20?/m0/s1. The molecule has 0 bridgehead atoms. The summed E-state index contributed by atoms with van der Waals surface area (Å²) in [4.78, 5) is 51.3. The van der Waals surface area contributed by atoms with E-state index >= 15 is 0 Å². The Hall–Kier alpha value is -2.95. The van der Waals surface area contributed by atoms with Gasteiger partial charge in [0.1, 0.15) is 17.7 Å². The van der Waals surface area contributed by atoms with Gasteiger partial charge in [-0.15, -0.1) is 11.8 Å². The Kier molecular flexibility index (Phi) is 9.46. The Labute approximate surface area is 241 Å². The van der Waals surface area contributed by atoms with E-state index in [-0.39, 0.29) is 22.0 Å². The van der Waals surface area contributed by atoms with Crippen molar-refractivity contribution in [2.45, 2.75) is 63.6 Å². The molecule has 9 nitrogen and oxygen atoms in total. The van der Waals surface area contributed by atoms with E-state index in [0.29, 0.717) is 17.0 Å². The first kappa shape index (κ1) is 30.6. The molecular weight excluding hydrogens is 565 g/mol. The number of ether oxygens (including phenoxy) is 1. The second kappa shape index (κ2) is 12.1. The van der Waals surface area contributed by atoms with Gasteiger partial charge in [-0.3, -0.25) is 14.5 Å². The van der Waals surface area contributed by atoms with Crippen LogP contribution in [0.25, 0.3) is 0 Å². The summed E-state index contributed by atoms with van der Waals surface area (Å²) in [5.41, 5.74) is 0.457. The summed E-state index contributed by atoms with van der Waals surface area (Å²) in [6.07, 6.45) is -0.651. The number of carboxylic acid groups (broad SMARTS) is 1. The van der Waals surface area contributed by atoms with Gasteiger partial charge in [0.2, 0.25) is 5.91 Å². The highest BCUT2D eigenvalue weighted by molar-refractivity contribution is 8.00. The van der Waals surface area contributed by atoms with Gasteiger partial charge in [0.25, 0.3) is 5.91 Å². The maximum absolute atomic E-state index is 13.2. The quantitative estimate of drug-likeness (QED) is 0.389. The van der Waals surface area contributed by atoms with E-state index in [1.54, 1.807) is 63.2 Å². The lowest BCUT2D eigenvalue weighted by Crippen LogP contribution is -2.56. The zero-order valence-corrected chi connectivity index (χ0v) is 24.5. The van der Waals surface area contributed by atoms with Crippen LogP contribution in [-0.2, 0) is 20.7 Å². The van der Waals surface area contributed by atoms with Crippen molar-refractivity contribution < 1.29 is 29.0 Å². The molecule has 0 spiro atoms. The molecule has 1 aliphatic heterocycles. The van der Waals surface area contributed by atoms with Crippen molar-refractivity contribution in [2.24, 2.45) is 0 Å². The van der Waals surface area contributed by atoms with Crippen LogP contribution >= 0.6 is 35.0 Å². The number of halogens is 2. The van der Waals surface area contributed by atoms with Crippen molar-refractivity contribution in [3.8, 4) is 0 Å². The van der Waals surface area contributed by atoms with E-state index in [9.17, 15) is 24.3 Å². The Morgan fingerprint density at radius 3 is 2.23 bits per heavy atom. The van der Waals surface area contributed by atoms with E-state index in [1.165, 1.54) is 16.7 Å². The van der Waals surface area contributed by atoms with Crippen LogP contribution in [0.1, 0.15) is 50.5 Å². The van der Waals surface area contributed by atoms with E-state index in [4.69, 9.17) is 27.9 Å². The Morgan fingerprint density at radius 1 is 1.10 bits per heavy atom. The van der Waals surface area contributed by atoms with Crippen LogP contribution in [0.4, 0.5) is 10.5 Å². The molecule has 210 valence electrons. The molecule has 1 unspecified atom stereocenters. The highest BCUT2D eigenvalue weighted by atomic mass is 35.5. The number of carbonyl (C=O) groups excluding carboxylic acids is 3. The number of hydrogen-bond donors (Lipinski definition) is 3. The van der Waals surface area contributed by atoms with Crippen molar-refractivity contribution in [1.29, 1.82) is 0 Å². The van der Waals surface area contributed by atoms with Crippen LogP contribution in [0.3, 0.4) is 0 Å². The van der Waals surface area contributed by atoms with Gasteiger partial charge in [-0.1, -0.05) is 41.4 Å². The number of benzene rings is 2. The van der Waals surface area contributed by atoms with Crippen molar-refractivity contribution in [1.82, 2.24) is 10.2 Å². The molecule has 39 heavy (non-hydrogen) atoms. The monoisotopic (exact) mass is 595 g/mol. The van der Waals surface area contributed by atoms with Crippen LogP contribution in [0.2, 0.25) is 10.0 Å². The van der Waals surface area contributed by atoms with E-state index in [0.717, 1.165) is 0 Å². The molecule has 0 aromatic heterocycles. The summed E-state index contributed by atoms with van der Waals surface area (Å²) in [5, 5.41) is 15.5. The van der Waals surface area contributed by atoms with Gasteiger partial charge >= 0.3 is 12.1 Å². The number of nitrogens with zero attached hydrogens (tertiary/aromatic N) is 1. The summed E-state index contributed by atoms with van der Waals surface area (Å²) < 4.78 is 5.50. The molecule has 1 saturated heterocycles. The third-order valence-corrected chi connectivity index (χ3v) is 7.85. The number of anilines is 1. The van der Waals surface area contributed by atoms with Crippen LogP contribution in [0.5, 0.6) is 0 Å². The normalized spacial score (nSPS) is 17.3. The van der Waals surface area contributed by atoms with Crippen LogP contribution < -0.4 is 10.6 Å². The fourth-order valence-electron chi connectivity index (χ4n) is 3.99. The predicted octanol–water partition coefficient (Wildman–Crippen LogP) is 5.45. The van der Waals surface area contributed by atoms with E-state index in [1.807, 2.05) is 13.8 Å². The van der Waals surface area contributed by atoms with Gasteiger partial charge in [0.15, 0.2) is 0 Å². The average molecular weight is 597 g/mol. The van der Waals surface area contributed by atoms with Gasteiger partial charge in [0, 0.05) is 17.9 Å². The van der Waals surface area contributed by atoms with Crippen LogP contribution in [0, 0.1) is 0 Å². The Morgan fingerprint density at radius 2 is 1.69 bits per heavy atom. The fourth-order valence-corrected chi connectivity index (χ4v) is 5.77. The molecule has 1 aliphatic rings. The Balaban J connectivity index is 1.68. The lowest BCUT2D eigenvalue weighted by molar-refractivity contribution is -0.142. The number of thioether (sulfide) groups is 1. The molecule has 3 amide bonds. The maximum Gasteiger partial charge on any atom is 0.412 e. The molecular formula is C27H31Cl2N3O6S. The topological polar surface area (TPSA) is 125 Å². The summed E-state index contributed by atoms with van der Waals surface area (Å²) in [5.74, 6) is -1.98. The average Bonchev–Trinajstić information content (AvgIpc) is 3.13. The van der Waals surface area contributed by atoms with Gasteiger partial charge < -0.3 is 20.5 Å². The second-order valence-corrected chi connectivity index (χ2v) is 12.9.